The average molecular weight is 287 g/mol. The second-order valence-electron chi connectivity index (χ2n) is 5.54. The van der Waals surface area contributed by atoms with Gasteiger partial charge < -0.3 is 14.4 Å². The van der Waals surface area contributed by atoms with Gasteiger partial charge in [-0.05, 0) is 6.07 Å². The van der Waals surface area contributed by atoms with Crippen LogP contribution in [0.15, 0.2) is 24.4 Å². The second-order valence-corrected chi connectivity index (χ2v) is 5.54. The third kappa shape index (κ3) is 2.11. The molecule has 0 unspecified atom stereocenters. The first-order chi connectivity index (χ1) is 10.3. The molecule has 3 heterocycles. The molecule has 1 aromatic heterocycles. The number of carbonyl (C=O) groups is 1. The Labute approximate surface area is 122 Å². The molecular weight excluding hydrogens is 270 g/mol. The highest BCUT2D eigenvalue weighted by atomic mass is 16.7. The summed E-state index contributed by atoms with van der Waals surface area (Å²) >= 11 is 0. The van der Waals surface area contributed by atoms with Crippen molar-refractivity contribution in [2.24, 2.45) is 0 Å². The van der Waals surface area contributed by atoms with Crippen LogP contribution in [-0.4, -0.2) is 53.1 Å². The van der Waals surface area contributed by atoms with Crippen LogP contribution in [0.3, 0.4) is 0 Å². The van der Waals surface area contributed by atoms with Crippen molar-refractivity contribution >= 4 is 16.8 Å². The number of benzene rings is 1. The number of para-hydroxylation sites is 1. The Balaban J connectivity index is 1.54. The molecule has 1 N–H and O–H groups in total. The zero-order valence-corrected chi connectivity index (χ0v) is 11.7. The van der Waals surface area contributed by atoms with E-state index in [4.69, 9.17) is 9.47 Å². The number of aromatic amines is 1. The SMILES string of the molecule is O=C(c1cccc2cn[nH]c12)N1CCC2(CC1)OCCO2. The second kappa shape index (κ2) is 4.82. The lowest BCUT2D eigenvalue weighted by atomic mass is 10.0. The van der Waals surface area contributed by atoms with E-state index in [1.54, 1.807) is 6.20 Å². The quantitative estimate of drug-likeness (QED) is 0.864. The van der Waals surface area contributed by atoms with Gasteiger partial charge in [-0.15, -0.1) is 0 Å². The predicted octanol–water partition coefficient (Wildman–Crippen LogP) is 1.54. The van der Waals surface area contributed by atoms with Crippen LogP contribution in [0.5, 0.6) is 0 Å². The fourth-order valence-electron chi connectivity index (χ4n) is 3.15. The molecule has 0 atom stereocenters. The Morgan fingerprint density at radius 2 is 2.00 bits per heavy atom. The van der Waals surface area contributed by atoms with Gasteiger partial charge in [-0.25, -0.2) is 0 Å². The van der Waals surface area contributed by atoms with E-state index < -0.39 is 5.79 Å². The van der Waals surface area contributed by atoms with Crippen LogP contribution in [0.25, 0.3) is 10.9 Å². The molecule has 2 aliphatic rings. The molecule has 110 valence electrons. The lowest BCUT2D eigenvalue weighted by Gasteiger charge is -2.37. The van der Waals surface area contributed by atoms with Crippen molar-refractivity contribution in [3.63, 3.8) is 0 Å². The minimum Gasteiger partial charge on any atom is -0.347 e. The highest BCUT2D eigenvalue weighted by Gasteiger charge is 2.41. The van der Waals surface area contributed by atoms with Gasteiger partial charge in [0.2, 0.25) is 0 Å². The first-order valence-electron chi connectivity index (χ1n) is 7.27. The van der Waals surface area contributed by atoms with Crippen LogP contribution in [0.2, 0.25) is 0 Å². The van der Waals surface area contributed by atoms with Gasteiger partial charge in [0.05, 0.1) is 30.5 Å². The molecule has 2 aliphatic heterocycles. The first kappa shape index (κ1) is 12.8. The van der Waals surface area contributed by atoms with Crippen molar-refractivity contribution in [1.29, 1.82) is 0 Å². The highest BCUT2D eigenvalue weighted by Crippen LogP contribution is 2.32. The monoisotopic (exact) mass is 287 g/mol. The van der Waals surface area contributed by atoms with Crippen LogP contribution in [-0.2, 0) is 9.47 Å². The number of nitrogens with one attached hydrogen (secondary N) is 1. The maximum Gasteiger partial charge on any atom is 0.256 e. The van der Waals surface area contributed by atoms with E-state index >= 15 is 0 Å². The van der Waals surface area contributed by atoms with E-state index in [-0.39, 0.29) is 5.91 Å². The Hall–Kier alpha value is -1.92. The standard InChI is InChI=1S/C15H17N3O3/c19-14(12-3-1-2-11-10-16-17-13(11)12)18-6-4-15(5-7-18)20-8-9-21-15/h1-3,10H,4-9H2,(H,16,17). The maximum absolute atomic E-state index is 12.7. The third-order valence-electron chi connectivity index (χ3n) is 4.33. The molecule has 6 heteroatoms. The van der Waals surface area contributed by atoms with Crippen molar-refractivity contribution in [3.8, 4) is 0 Å². The summed E-state index contributed by atoms with van der Waals surface area (Å²) in [5.41, 5.74) is 1.48. The number of amides is 1. The average Bonchev–Trinajstić information content (AvgIpc) is 3.16. The fourth-order valence-corrected chi connectivity index (χ4v) is 3.15. The van der Waals surface area contributed by atoms with E-state index in [0.717, 1.165) is 23.7 Å². The summed E-state index contributed by atoms with van der Waals surface area (Å²) in [5, 5.41) is 7.88. The van der Waals surface area contributed by atoms with Crippen LogP contribution in [0.1, 0.15) is 23.2 Å². The fraction of sp³-hybridized carbons (Fsp3) is 0.467. The number of nitrogens with zero attached hydrogens (tertiary/aromatic N) is 2. The summed E-state index contributed by atoms with van der Waals surface area (Å²) in [6.45, 7) is 2.62. The normalized spacial score (nSPS) is 21.2. The summed E-state index contributed by atoms with van der Waals surface area (Å²) in [7, 11) is 0. The van der Waals surface area contributed by atoms with Gasteiger partial charge >= 0.3 is 0 Å². The number of fused-ring (bicyclic) bond motifs is 1. The molecule has 2 aromatic rings. The van der Waals surface area contributed by atoms with Gasteiger partial charge in [0, 0.05) is 31.3 Å². The summed E-state index contributed by atoms with van der Waals surface area (Å²) < 4.78 is 11.4. The van der Waals surface area contributed by atoms with Gasteiger partial charge in [0.1, 0.15) is 0 Å². The molecule has 0 aliphatic carbocycles. The zero-order chi connectivity index (χ0) is 14.3. The van der Waals surface area contributed by atoms with E-state index in [1.165, 1.54) is 0 Å². The maximum atomic E-state index is 12.7. The smallest absolute Gasteiger partial charge is 0.256 e. The largest absolute Gasteiger partial charge is 0.347 e. The zero-order valence-electron chi connectivity index (χ0n) is 11.7. The number of H-pyrrole nitrogens is 1. The number of rotatable bonds is 1. The van der Waals surface area contributed by atoms with Crippen molar-refractivity contribution < 1.29 is 14.3 Å². The van der Waals surface area contributed by atoms with Crippen molar-refractivity contribution in [1.82, 2.24) is 15.1 Å². The number of carbonyl (C=O) groups excluding carboxylic acids is 1. The minimum absolute atomic E-state index is 0.0395. The van der Waals surface area contributed by atoms with Crippen LogP contribution >= 0.6 is 0 Å². The summed E-state index contributed by atoms with van der Waals surface area (Å²) in [5.74, 6) is -0.408. The Morgan fingerprint density at radius 1 is 1.24 bits per heavy atom. The summed E-state index contributed by atoms with van der Waals surface area (Å²) in [6, 6.07) is 5.68. The van der Waals surface area contributed by atoms with Crippen molar-refractivity contribution in [3.05, 3.63) is 30.0 Å². The first-order valence-corrected chi connectivity index (χ1v) is 7.27. The predicted molar refractivity (Wildman–Crippen MR) is 75.9 cm³/mol. The number of ether oxygens (including phenoxy) is 2. The lowest BCUT2D eigenvalue weighted by molar-refractivity contribution is -0.181. The van der Waals surface area contributed by atoms with Gasteiger partial charge in [0.25, 0.3) is 5.91 Å². The number of hydrogen-bond donors (Lipinski definition) is 1. The van der Waals surface area contributed by atoms with Crippen molar-refractivity contribution in [2.45, 2.75) is 18.6 Å². The minimum atomic E-state index is -0.448. The third-order valence-corrected chi connectivity index (χ3v) is 4.33. The molecule has 1 spiro atoms. The molecule has 0 saturated carbocycles. The molecule has 6 nitrogen and oxygen atoms in total. The van der Waals surface area contributed by atoms with Crippen LogP contribution in [0.4, 0.5) is 0 Å². The molecule has 4 rings (SSSR count). The van der Waals surface area contributed by atoms with Gasteiger partial charge in [-0.3, -0.25) is 9.89 Å². The highest BCUT2D eigenvalue weighted by molar-refractivity contribution is 6.05. The number of likely N-dealkylation sites (tertiary alicyclic amines) is 1. The van der Waals surface area contributed by atoms with E-state index in [1.807, 2.05) is 23.1 Å². The van der Waals surface area contributed by atoms with Gasteiger partial charge in [0.15, 0.2) is 5.79 Å². The topological polar surface area (TPSA) is 67.5 Å². The Bertz CT molecular complexity index is 666. The Kier molecular flexibility index (Phi) is 2.94. The molecule has 2 saturated heterocycles. The molecular formula is C15H17N3O3. The number of hydrogen-bond acceptors (Lipinski definition) is 4. The molecule has 0 bridgehead atoms. The molecule has 0 radical (unpaired) electrons. The lowest BCUT2D eigenvalue weighted by Crippen LogP contribution is -2.47. The summed E-state index contributed by atoms with van der Waals surface area (Å²) in [4.78, 5) is 14.6. The van der Waals surface area contributed by atoms with E-state index in [0.29, 0.717) is 31.9 Å². The van der Waals surface area contributed by atoms with Gasteiger partial charge in [-0.1, -0.05) is 12.1 Å². The van der Waals surface area contributed by atoms with E-state index in [9.17, 15) is 4.79 Å². The van der Waals surface area contributed by atoms with E-state index in [2.05, 4.69) is 10.2 Å². The summed E-state index contributed by atoms with van der Waals surface area (Å²) in [6.07, 6.45) is 3.20. The van der Waals surface area contributed by atoms with Crippen LogP contribution < -0.4 is 0 Å². The van der Waals surface area contributed by atoms with Gasteiger partial charge in [-0.2, -0.15) is 5.10 Å². The number of aromatic nitrogens is 2. The number of piperidine rings is 1. The molecule has 21 heavy (non-hydrogen) atoms. The van der Waals surface area contributed by atoms with Crippen LogP contribution in [0, 0.1) is 0 Å². The van der Waals surface area contributed by atoms with Crippen molar-refractivity contribution in [2.75, 3.05) is 26.3 Å². The Morgan fingerprint density at radius 3 is 2.76 bits per heavy atom. The molecule has 1 aromatic carbocycles. The molecule has 2 fully saturated rings. The molecule has 1 amide bonds.